The van der Waals surface area contributed by atoms with Gasteiger partial charge in [0, 0.05) is 30.9 Å². The van der Waals surface area contributed by atoms with Crippen molar-refractivity contribution in [3.63, 3.8) is 0 Å². The molecule has 0 spiro atoms. The number of benzene rings is 2. The minimum absolute atomic E-state index is 0.0327. The smallest absolute Gasteiger partial charge is 0.259 e. The van der Waals surface area contributed by atoms with Crippen LogP contribution in [0.15, 0.2) is 42.6 Å². The monoisotopic (exact) mass is 478 g/mol. The number of amides is 1. The summed E-state index contributed by atoms with van der Waals surface area (Å²) in [6.45, 7) is 5.19. The maximum atomic E-state index is 13.0. The first kappa shape index (κ1) is 26.3. The number of aryl methyl sites for hydroxylation is 1. The first-order valence-corrected chi connectivity index (χ1v) is 12.0. The van der Waals surface area contributed by atoms with Crippen LogP contribution in [0, 0.1) is 12.8 Å². The molecule has 3 aromatic rings. The van der Waals surface area contributed by atoms with Crippen molar-refractivity contribution in [2.75, 3.05) is 25.0 Å². The molecule has 7 nitrogen and oxygen atoms in total. The minimum Gasteiger partial charge on any atom is -0.393 e. The second-order valence-electron chi connectivity index (χ2n) is 9.84. The first-order chi connectivity index (χ1) is 17.1. The summed E-state index contributed by atoms with van der Waals surface area (Å²) in [4.78, 5) is 15.2. The third-order valence-corrected chi connectivity index (χ3v) is 6.96. The van der Waals surface area contributed by atoms with E-state index in [9.17, 15) is 15.0 Å². The average molecular weight is 478 g/mol. The molecule has 0 aliphatic carbocycles. The number of carbonyl (C=O) groups excluding carboxylic acids is 1. The zero-order valence-corrected chi connectivity index (χ0v) is 20.7. The molecule has 2 unspecified atom stereocenters. The van der Waals surface area contributed by atoms with Gasteiger partial charge in [0.15, 0.2) is 0 Å². The van der Waals surface area contributed by atoms with Crippen molar-refractivity contribution >= 4 is 51.5 Å². The summed E-state index contributed by atoms with van der Waals surface area (Å²) in [5.41, 5.74) is 3.59. The molecule has 36 heavy (non-hydrogen) atoms. The Bertz CT molecular complexity index is 1220. The van der Waals surface area contributed by atoms with E-state index < -0.39 is 5.60 Å². The molecule has 1 fully saturated rings. The number of nitrogens with one attached hydrogen (secondary N) is 1. The van der Waals surface area contributed by atoms with Crippen LogP contribution in [0.5, 0.6) is 0 Å². The number of hydrogen-bond donors (Lipinski definition) is 3. The van der Waals surface area contributed by atoms with Crippen molar-refractivity contribution in [3.8, 4) is 5.69 Å². The van der Waals surface area contributed by atoms with Gasteiger partial charge >= 0.3 is 0 Å². The molecule has 3 N–H and O–H groups in total. The van der Waals surface area contributed by atoms with Crippen molar-refractivity contribution in [1.29, 1.82) is 0 Å². The van der Waals surface area contributed by atoms with E-state index >= 15 is 0 Å². The van der Waals surface area contributed by atoms with Gasteiger partial charge in [0.05, 0.1) is 29.2 Å². The number of piperidine rings is 1. The topological polar surface area (TPSA) is 90.6 Å². The average Bonchev–Trinajstić information content (AvgIpc) is 3.23. The highest BCUT2D eigenvalue weighted by atomic mass is 16.3. The zero-order chi connectivity index (χ0) is 26.0. The SMILES string of the molecule is [B]c1ccc(-n2cc(C(=O)Nc3cc([B])c(CN4CCCC(C(C)(O)CO)C4)c([B])c3)c(C)n2)cc1. The van der Waals surface area contributed by atoms with Gasteiger partial charge in [-0.15, -0.1) is 0 Å². The van der Waals surface area contributed by atoms with E-state index in [0.29, 0.717) is 46.4 Å². The van der Waals surface area contributed by atoms with Gasteiger partial charge in [-0.3, -0.25) is 9.69 Å². The quantitative estimate of drug-likeness (QED) is 0.409. The number of nitrogens with zero attached hydrogens (tertiary/aromatic N) is 3. The molecular weight excluding hydrogens is 449 g/mol. The van der Waals surface area contributed by atoms with Gasteiger partial charge in [-0.25, -0.2) is 4.68 Å². The lowest BCUT2D eigenvalue weighted by Gasteiger charge is -2.40. The third kappa shape index (κ3) is 5.77. The highest BCUT2D eigenvalue weighted by Gasteiger charge is 2.34. The molecule has 4 rings (SSSR count). The van der Waals surface area contributed by atoms with Crippen LogP contribution in [0.25, 0.3) is 5.69 Å². The lowest BCUT2D eigenvalue weighted by Crippen LogP contribution is -2.48. The Morgan fingerprint density at radius 3 is 2.50 bits per heavy atom. The van der Waals surface area contributed by atoms with Crippen molar-refractivity contribution in [3.05, 3.63) is 59.4 Å². The fraction of sp³-hybridized carbons (Fsp3) is 0.385. The molecule has 2 aromatic carbocycles. The number of anilines is 1. The Morgan fingerprint density at radius 2 is 1.86 bits per heavy atom. The number of carbonyl (C=O) groups is 1. The molecule has 1 aromatic heterocycles. The van der Waals surface area contributed by atoms with Crippen LogP contribution in [0.4, 0.5) is 5.69 Å². The number of aliphatic hydroxyl groups is 2. The summed E-state index contributed by atoms with van der Waals surface area (Å²) in [5, 5.41) is 27.3. The Morgan fingerprint density at radius 1 is 1.19 bits per heavy atom. The second-order valence-corrected chi connectivity index (χ2v) is 9.84. The standard InChI is InChI=1S/C26H29B3N4O3/c1-16-21(14-33(31-16)20-7-5-18(27)6-8-20)25(35)30-19-10-23(28)22(24(29)11-19)13-32-9-3-4-17(12-32)26(2,36)15-34/h5-8,10-11,14,17,34,36H,3-4,9,12-13,15H2,1-2H3,(H,30,35). The molecular formula is C26H29B3N4O3. The predicted molar refractivity (Wildman–Crippen MR) is 145 cm³/mol. The van der Waals surface area contributed by atoms with E-state index in [4.69, 9.17) is 23.5 Å². The van der Waals surface area contributed by atoms with Gasteiger partial charge in [-0.05, 0) is 63.1 Å². The van der Waals surface area contributed by atoms with Crippen LogP contribution < -0.4 is 21.7 Å². The molecule has 2 heterocycles. The van der Waals surface area contributed by atoms with Crippen molar-refractivity contribution in [2.24, 2.45) is 5.92 Å². The lowest BCUT2D eigenvalue weighted by molar-refractivity contribution is -0.0696. The predicted octanol–water partition coefficient (Wildman–Crippen LogP) is -0.230. The molecule has 10 heteroatoms. The molecule has 180 valence electrons. The van der Waals surface area contributed by atoms with E-state index in [2.05, 4.69) is 15.3 Å². The number of aliphatic hydroxyl groups excluding tert-OH is 1. The fourth-order valence-corrected chi connectivity index (χ4v) is 4.67. The molecule has 1 amide bonds. The fourth-order valence-electron chi connectivity index (χ4n) is 4.67. The molecule has 1 saturated heterocycles. The number of hydrogen-bond acceptors (Lipinski definition) is 5. The first-order valence-electron chi connectivity index (χ1n) is 12.0. The largest absolute Gasteiger partial charge is 0.393 e. The van der Waals surface area contributed by atoms with E-state index in [1.54, 1.807) is 49.0 Å². The summed E-state index contributed by atoms with van der Waals surface area (Å²) < 4.78 is 1.63. The van der Waals surface area contributed by atoms with Gasteiger partial charge in [0.2, 0.25) is 0 Å². The molecule has 6 radical (unpaired) electrons. The Balaban J connectivity index is 1.46. The zero-order valence-electron chi connectivity index (χ0n) is 20.7. The lowest BCUT2D eigenvalue weighted by atomic mass is 9.79. The van der Waals surface area contributed by atoms with Crippen LogP contribution in [0.2, 0.25) is 0 Å². The van der Waals surface area contributed by atoms with Crippen molar-refractivity contribution < 1.29 is 15.0 Å². The minimum atomic E-state index is -1.12. The van der Waals surface area contributed by atoms with E-state index in [1.165, 1.54) is 0 Å². The van der Waals surface area contributed by atoms with Crippen molar-refractivity contribution in [1.82, 2.24) is 14.7 Å². The maximum Gasteiger partial charge on any atom is 0.259 e. The Labute approximate surface area is 216 Å². The second kappa shape index (κ2) is 10.7. The summed E-state index contributed by atoms with van der Waals surface area (Å²) in [5.74, 6) is -0.347. The molecule has 0 bridgehead atoms. The normalized spacial score (nSPS) is 18.1. The third-order valence-electron chi connectivity index (χ3n) is 6.96. The number of likely N-dealkylation sites (tertiary alicyclic amines) is 1. The van der Waals surface area contributed by atoms with Crippen LogP contribution in [0.3, 0.4) is 0 Å². The molecule has 0 saturated carbocycles. The molecule has 1 aliphatic heterocycles. The van der Waals surface area contributed by atoms with Gasteiger partial charge in [-0.1, -0.05) is 28.5 Å². The number of aromatic nitrogens is 2. The van der Waals surface area contributed by atoms with Crippen LogP contribution in [-0.2, 0) is 6.54 Å². The Hall–Kier alpha value is -2.81. The summed E-state index contributed by atoms with van der Waals surface area (Å²) in [6.07, 6.45) is 3.44. The highest BCUT2D eigenvalue weighted by molar-refractivity contribution is 6.40. The van der Waals surface area contributed by atoms with Crippen LogP contribution >= 0.6 is 0 Å². The van der Waals surface area contributed by atoms with Gasteiger partial charge in [-0.2, -0.15) is 5.10 Å². The molecule has 1 aliphatic rings. The summed E-state index contributed by atoms with van der Waals surface area (Å²) >= 11 is 0. The van der Waals surface area contributed by atoms with Gasteiger partial charge in [0.25, 0.3) is 5.91 Å². The Kier molecular flexibility index (Phi) is 7.78. The van der Waals surface area contributed by atoms with Gasteiger partial charge < -0.3 is 15.5 Å². The maximum absolute atomic E-state index is 13.0. The van der Waals surface area contributed by atoms with Crippen molar-refractivity contribution in [2.45, 2.75) is 38.8 Å². The highest BCUT2D eigenvalue weighted by Crippen LogP contribution is 2.27. The summed E-state index contributed by atoms with van der Waals surface area (Å²) in [7, 11) is 18.5. The van der Waals surface area contributed by atoms with Gasteiger partial charge in [0.1, 0.15) is 23.5 Å². The molecule has 2 atom stereocenters. The van der Waals surface area contributed by atoms with Crippen LogP contribution in [-0.4, -0.2) is 79.6 Å². The van der Waals surface area contributed by atoms with E-state index in [-0.39, 0.29) is 18.4 Å². The van der Waals surface area contributed by atoms with E-state index in [1.807, 2.05) is 12.1 Å². The van der Waals surface area contributed by atoms with E-state index in [0.717, 1.165) is 30.6 Å². The summed E-state index contributed by atoms with van der Waals surface area (Å²) in [6, 6.07) is 10.6. The van der Waals surface area contributed by atoms with Crippen LogP contribution in [0.1, 0.15) is 41.4 Å². The number of rotatable bonds is 7.